The summed E-state index contributed by atoms with van der Waals surface area (Å²) in [6.07, 6.45) is 6.63. The van der Waals surface area contributed by atoms with E-state index < -0.39 is 0 Å². The first-order valence-corrected chi connectivity index (χ1v) is 5.70. The van der Waals surface area contributed by atoms with Crippen LogP contribution in [0.3, 0.4) is 0 Å². The molecule has 2 N–H and O–H groups in total. The molecule has 0 aromatic carbocycles. The van der Waals surface area contributed by atoms with Gasteiger partial charge in [0, 0.05) is 25.3 Å². The number of aryl methyl sites for hydroxylation is 1. The van der Waals surface area contributed by atoms with Crippen molar-refractivity contribution in [1.82, 2.24) is 14.9 Å². The zero-order valence-corrected chi connectivity index (χ0v) is 9.19. The summed E-state index contributed by atoms with van der Waals surface area (Å²) in [5.41, 5.74) is 1.23. The Morgan fingerprint density at radius 2 is 2.40 bits per heavy atom. The average molecular weight is 209 g/mol. The lowest BCUT2D eigenvalue weighted by Gasteiger charge is -2.32. The third-order valence-electron chi connectivity index (χ3n) is 2.95. The maximum absolute atomic E-state index is 9.16. The molecule has 0 saturated heterocycles. The van der Waals surface area contributed by atoms with E-state index in [1.807, 2.05) is 12.5 Å². The van der Waals surface area contributed by atoms with Crippen LogP contribution in [0.5, 0.6) is 0 Å². The molecule has 1 heterocycles. The van der Waals surface area contributed by atoms with Crippen molar-refractivity contribution >= 4 is 0 Å². The molecule has 0 aliphatic heterocycles. The first-order chi connectivity index (χ1) is 7.29. The van der Waals surface area contributed by atoms with E-state index in [4.69, 9.17) is 5.11 Å². The van der Waals surface area contributed by atoms with E-state index >= 15 is 0 Å². The maximum Gasteiger partial charge on any atom is 0.0948 e. The monoisotopic (exact) mass is 209 g/mol. The highest BCUT2D eigenvalue weighted by Crippen LogP contribution is 2.19. The Morgan fingerprint density at radius 3 is 3.07 bits per heavy atom. The van der Waals surface area contributed by atoms with Crippen molar-refractivity contribution in [3.05, 3.63) is 18.2 Å². The molecule has 1 aliphatic carbocycles. The second-order valence-electron chi connectivity index (χ2n) is 4.28. The Bertz CT molecular complexity index is 305. The van der Waals surface area contributed by atoms with Crippen LogP contribution in [0.15, 0.2) is 12.5 Å². The van der Waals surface area contributed by atoms with Crippen molar-refractivity contribution in [2.75, 3.05) is 0 Å². The van der Waals surface area contributed by atoms with Crippen LogP contribution >= 0.6 is 0 Å². The van der Waals surface area contributed by atoms with E-state index in [2.05, 4.69) is 21.8 Å². The molecule has 0 atom stereocenters. The van der Waals surface area contributed by atoms with Crippen LogP contribution in [0.4, 0.5) is 0 Å². The van der Waals surface area contributed by atoms with Gasteiger partial charge in [-0.1, -0.05) is 6.92 Å². The zero-order valence-electron chi connectivity index (χ0n) is 9.19. The molecule has 15 heavy (non-hydrogen) atoms. The zero-order chi connectivity index (χ0) is 10.7. The summed E-state index contributed by atoms with van der Waals surface area (Å²) in [7, 11) is 0. The summed E-state index contributed by atoms with van der Waals surface area (Å²) in [4.78, 5) is 4.15. The number of imidazole rings is 1. The highest BCUT2D eigenvalue weighted by atomic mass is 16.3. The summed E-state index contributed by atoms with van der Waals surface area (Å²) in [6.45, 7) is 4.06. The average Bonchev–Trinajstić information content (AvgIpc) is 2.59. The normalized spacial score (nSPS) is 25.2. The fraction of sp³-hybridized carbons (Fsp3) is 0.727. The molecule has 1 fully saturated rings. The van der Waals surface area contributed by atoms with Gasteiger partial charge in [0.1, 0.15) is 0 Å². The van der Waals surface area contributed by atoms with E-state index in [1.165, 1.54) is 5.69 Å². The fourth-order valence-electron chi connectivity index (χ4n) is 1.94. The van der Waals surface area contributed by atoms with E-state index in [-0.39, 0.29) is 6.10 Å². The van der Waals surface area contributed by atoms with Gasteiger partial charge >= 0.3 is 0 Å². The molecule has 0 radical (unpaired) electrons. The van der Waals surface area contributed by atoms with Crippen LogP contribution in [0.25, 0.3) is 0 Å². The molecule has 4 nitrogen and oxygen atoms in total. The number of aliphatic hydroxyl groups excluding tert-OH is 1. The Labute approximate surface area is 90.3 Å². The Hall–Kier alpha value is -0.870. The van der Waals surface area contributed by atoms with Gasteiger partial charge in [-0.25, -0.2) is 4.98 Å². The second-order valence-corrected chi connectivity index (χ2v) is 4.28. The largest absolute Gasteiger partial charge is 0.393 e. The quantitative estimate of drug-likeness (QED) is 0.757. The summed E-state index contributed by atoms with van der Waals surface area (Å²) >= 11 is 0. The number of aromatic nitrogens is 2. The lowest BCUT2D eigenvalue weighted by Crippen LogP contribution is -2.43. The van der Waals surface area contributed by atoms with Gasteiger partial charge in [-0.2, -0.15) is 0 Å². The lowest BCUT2D eigenvalue weighted by atomic mass is 9.89. The lowest BCUT2D eigenvalue weighted by molar-refractivity contribution is 0.0617. The third kappa shape index (κ3) is 2.58. The molecule has 0 unspecified atom stereocenters. The molecule has 1 aromatic heterocycles. The van der Waals surface area contributed by atoms with Gasteiger partial charge in [0.15, 0.2) is 0 Å². The van der Waals surface area contributed by atoms with Gasteiger partial charge < -0.3 is 15.0 Å². The second kappa shape index (κ2) is 4.77. The van der Waals surface area contributed by atoms with Crippen molar-refractivity contribution in [1.29, 1.82) is 0 Å². The summed E-state index contributed by atoms with van der Waals surface area (Å²) in [5.74, 6) is 0. The van der Waals surface area contributed by atoms with Crippen molar-refractivity contribution < 1.29 is 5.11 Å². The highest BCUT2D eigenvalue weighted by Gasteiger charge is 2.26. The predicted octanol–water partition coefficient (Wildman–Crippen LogP) is 0.906. The van der Waals surface area contributed by atoms with Gasteiger partial charge in [-0.05, 0) is 19.3 Å². The molecule has 0 bridgehead atoms. The Balaban J connectivity index is 1.79. The van der Waals surface area contributed by atoms with Gasteiger partial charge in [0.2, 0.25) is 0 Å². The molecule has 2 rings (SSSR count). The maximum atomic E-state index is 9.16. The highest BCUT2D eigenvalue weighted by molar-refractivity contribution is 4.99. The number of aliphatic hydroxyl groups is 1. The minimum Gasteiger partial charge on any atom is -0.393 e. The molecule has 1 aliphatic rings. The SMILES string of the molecule is CCCn1cncc1CNC1CC(O)C1. The van der Waals surface area contributed by atoms with Crippen molar-refractivity contribution in [3.63, 3.8) is 0 Å². The van der Waals surface area contributed by atoms with Crippen LogP contribution < -0.4 is 5.32 Å². The van der Waals surface area contributed by atoms with E-state index in [0.717, 1.165) is 32.4 Å². The molecular weight excluding hydrogens is 190 g/mol. The van der Waals surface area contributed by atoms with Gasteiger partial charge in [-0.15, -0.1) is 0 Å². The smallest absolute Gasteiger partial charge is 0.0948 e. The Morgan fingerprint density at radius 1 is 1.60 bits per heavy atom. The summed E-state index contributed by atoms with van der Waals surface area (Å²) in [5, 5.41) is 12.6. The van der Waals surface area contributed by atoms with E-state index in [1.54, 1.807) is 0 Å². The minimum atomic E-state index is -0.0805. The minimum absolute atomic E-state index is 0.0805. The van der Waals surface area contributed by atoms with Crippen LogP contribution in [0.1, 0.15) is 31.9 Å². The summed E-state index contributed by atoms with van der Waals surface area (Å²) < 4.78 is 2.18. The van der Waals surface area contributed by atoms with Crippen LogP contribution in [-0.2, 0) is 13.1 Å². The predicted molar refractivity (Wildman–Crippen MR) is 58.4 cm³/mol. The molecule has 4 heteroatoms. The van der Waals surface area contributed by atoms with E-state index in [9.17, 15) is 0 Å². The van der Waals surface area contributed by atoms with Crippen LogP contribution in [0, 0.1) is 0 Å². The van der Waals surface area contributed by atoms with Crippen molar-refractivity contribution in [3.8, 4) is 0 Å². The van der Waals surface area contributed by atoms with Crippen LogP contribution in [0.2, 0.25) is 0 Å². The van der Waals surface area contributed by atoms with Gasteiger partial charge in [-0.3, -0.25) is 0 Å². The van der Waals surface area contributed by atoms with E-state index in [0.29, 0.717) is 6.04 Å². The number of nitrogens with one attached hydrogen (secondary N) is 1. The van der Waals surface area contributed by atoms with Gasteiger partial charge in [0.05, 0.1) is 18.1 Å². The third-order valence-corrected chi connectivity index (χ3v) is 2.95. The number of rotatable bonds is 5. The first-order valence-electron chi connectivity index (χ1n) is 5.70. The molecule has 1 saturated carbocycles. The molecule has 1 aromatic rings. The number of nitrogens with zero attached hydrogens (tertiary/aromatic N) is 2. The fourth-order valence-corrected chi connectivity index (χ4v) is 1.94. The van der Waals surface area contributed by atoms with Gasteiger partial charge in [0.25, 0.3) is 0 Å². The molecular formula is C11H19N3O. The summed E-state index contributed by atoms with van der Waals surface area (Å²) in [6, 6.07) is 0.491. The molecule has 84 valence electrons. The topological polar surface area (TPSA) is 50.1 Å². The Kier molecular flexibility index (Phi) is 3.38. The first kappa shape index (κ1) is 10.6. The number of hydrogen-bond acceptors (Lipinski definition) is 3. The van der Waals surface area contributed by atoms with Crippen LogP contribution in [-0.4, -0.2) is 26.8 Å². The molecule has 0 spiro atoms. The number of hydrogen-bond donors (Lipinski definition) is 2. The molecule has 0 amide bonds. The van der Waals surface area contributed by atoms with Crippen molar-refractivity contribution in [2.45, 2.75) is 51.4 Å². The van der Waals surface area contributed by atoms with Crippen molar-refractivity contribution in [2.24, 2.45) is 0 Å². The standard InChI is InChI=1S/C11H19N3O/c1-2-3-14-8-12-6-10(14)7-13-9-4-11(15)5-9/h6,8-9,11,13,15H,2-5,7H2,1H3.